The predicted molar refractivity (Wildman–Crippen MR) is 104 cm³/mol. The van der Waals surface area contributed by atoms with E-state index in [0.29, 0.717) is 11.5 Å². The lowest BCUT2D eigenvalue weighted by Crippen LogP contribution is -2.51. The van der Waals surface area contributed by atoms with E-state index >= 15 is 0 Å². The number of carbonyl (C=O) groups excluding carboxylic acids is 1. The Hall–Kier alpha value is -2.06. The van der Waals surface area contributed by atoms with E-state index in [9.17, 15) is 9.00 Å². The van der Waals surface area contributed by atoms with Gasteiger partial charge < -0.3 is 9.47 Å². The number of hydrogen-bond acceptors (Lipinski definition) is 6. The fourth-order valence-corrected chi connectivity index (χ4v) is 5.83. The van der Waals surface area contributed by atoms with Gasteiger partial charge in [0.15, 0.2) is 6.10 Å². The van der Waals surface area contributed by atoms with Crippen molar-refractivity contribution in [3.05, 3.63) is 65.7 Å². The van der Waals surface area contributed by atoms with Crippen LogP contribution in [-0.4, -0.2) is 46.0 Å². The SMILES string of the molecule is CCO[C@H]1OC(=O)[C@]2(S(=O)c3ccc(C)cc3)[C@H]1ON(C)[C@@H]2c1ccccc1. The van der Waals surface area contributed by atoms with E-state index in [1.165, 1.54) is 0 Å². The molecule has 2 heterocycles. The van der Waals surface area contributed by atoms with Crippen molar-refractivity contribution in [3.8, 4) is 0 Å². The van der Waals surface area contributed by atoms with E-state index in [1.54, 1.807) is 24.2 Å². The number of carbonyl (C=O) groups is 1. The fourth-order valence-electron chi connectivity index (χ4n) is 4.00. The van der Waals surface area contributed by atoms with Gasteiger partial charge in [-0.15, -0.1) is 0 Å². The van der Waals surface area contributed by atoms with Crippen LogP contribution in [-0.2, 0) is 29.9 Å². The first kappa shape index (κ1) is 19.3. The monoisotopic (exact) mass is 401 g/mol. The van der Waals surface area contributed by atoms with Gasteiger partial charge >= 0.3 is 5.97 Å². The summed E-state index contributed by atoms with van der Waals surface area (Å²) in [5, 5.41) is 1.61. The number of fused-ring (bicyclic) bond motifs is 1. The predicted octanol–water partition coefficient (Wildman–Crippen LogP) is 2.75. The molecule has 6 nitrogen and oxygen atoms in total. The van der Waals surface area contributed by atoms with Crippen LogP contribution in [0.4, 0.5) is 0 Å². The van der Waals surface area contributed by atoms with Gasteiger partial charge in [0.2, 0.25) is 11.0 Å². The van der Waals surface area contributed by atoms with Crippen molar-refractivity contribution < 1.29 is 23.3 Å². The van der Waals surface area contributed by atoms with Gasteiger partial charge in [0.25, 0.3) is 0 Å². The smallest absolute Gasteiger partial charge is 0.332 e. The number of ether oxygens (including phenoxy) is 2. The number of aryl methyl sites for hydroxylation is 1. The molecule has 148 valence electrons. The first-order valence-electron chi connectivity index (χ1n) is 9.26. The zero-order chi connectivity index (χ0) is 19.9. The second-order valence-electron chi connectivity index (χ2n) is 6.99. The van der Waals surface area contributed by atoms with Crippen LogP contribution in [0, 0.1) is 6.92 Å². The maximum absolute atomic E-state index is 13.9. The summed E-state index contributed by atoms with van der Waals surface area (Å²) in [7, 11) is 0.0303. The summed E-state index contributed by atoms with van der Waals surface area (Å²) in [4.78, 5) is 19.9. The second kappa shape index (κ2) is 7.40. The molecule has 0 radical (unpaired) electrons. The molecule has 7 heteroatoms. The van der Waals surface area contributed by atoms with Crippen molar-refractivity contribution in [2.75, 3.05) is 13.7 Å². The third kappa shape index (κ3) is 2.81. The molecular weight excluding hydrogens is 378 g/mol. The molecule has 2 aromatic carbocycles. The molecule has 0 bridgehead atoms. The third-order valence-corrected chi connectivity index (χ3v) is 7.19. The number of rotatable bonds is 5. The zero-order valence-corrected chi connectivity index (χ0v) is 16.8. The molecule has 0 aliphatic carbocycles. The van der Waals surface area contributed by atoms with Crippen LogP contribution < -0.4 is 0 Å². The lowest BCUT2D eigenvalue weighted by Gasteiger charge is -2.30. The molecule has 0 aromatic heterocycles. The molecule has 1 unspecified atom stereocenters. The highest BCUT2D eigenvalue weighted by molar-refractivity contribution is 7.87. The van der Waals surface area contributed by atoms with Crippen LogP contribution in [0.15, 0.2) is 59.5 Å². The maximum Gasteiger partial charge on any atom is 0.332 e. The van der Waals surface area contributed by atoms with Crippen molar-refractivity contribution >= 4 is 16.8 Å². The average molecular weight is 401 g/mol. The van der Waals surface area contributed by atoms with E-state index in [2.05, 4.69) is 0 Å². The third-order valence-electron chi connectivity index (χ3n) is 5.25. The van der Waals surface area contributed by atoms with Crippen molar-refractivity contribution in [1.29, 1.82) is 0 Å². The molecule has 2 saturated heterocycles. The van der Waals surface area contributed by atoms with E-state index in [4.69, 9.17) is 14.3 Å². The second-order valence-corrected chi connectivity index (χ2v) is 8.67. The molecule has 0 amide bonds. The number of nitrogens with zero attached hydrogens (tertiary/aromatic N) is 1. The van der Waals surface area contributed by atoms with Gasteiger partial charge in [0.05, 0.1) is 16.8 Å². The Bertz CT molecular complexity index is 887. The summed E-state index contributed by atoms with van der Waals surface area (Å²) >= 11 is 0. The molecule has 0 saturated carbocycles. The number of cyclic esters (lactones) is 1. The lowest BCUT2D eigenvalue weighted by atomic mass is 9.90. The Morgan fingerprint density at radius 1 is 1.14 bits per heavy atom. The van der Waals surface area contributed by atoms with E-state index in [0.717, 1.165) is 11.1 Å². The molecule has 2 aromatic rings. The van der Waals surface area contributed by atoms with Crippen LogP contribution in [0.5, 0.6) is 0 Å². The zero-order valence-electron chi connectivity index (χ0n) is 16.0. The number of hydrogen-bond donors (Lipinski definition) is 0. The fraction of sp³-hybridized carbons (Fsp3) is 0.381. The van der Waals surface area contributed by atoms with Crippen molar-refractivity contribution in [3.63, 3.8) is 0 Å². The molecule has 5 atom stereocenters. The molecule has 4 rings (SSSR count). The highest BCUT2D eigenvalue weighted by atomic mass is 32.2. The number of hydroxylamine groups is 2. The maximum atomic E-state index is 13.9. The molecule has 0 spiro atoms. The number of esters is 1. The molecule has 0 N–H and O–H groups in total. The van der Waals surface area contributed by atoms with Gasteiger partial charge in [0.1, 0.15) is 0 Å². The highest BCUT2D eigenvalue weighted by Crippen LogP contribution is 2.53. The Kier molecular flexibility index (Phi) is 5.09. The van der Waals surface area contributed by atoms with Crippen molar-refractivity contribution in [2.45, 2.75) is 41.9 Å². The van der Waals surface area contributed by atoms with Gasteiger partial charge in [-0.3, -0.25) is 13.8 Å². The summed E-state index contributed by atoms with van der Waals surface area (Å²) in [6.07, 6.45) is -1.71. The summed E-state index contributed by atoms with van der Waals surface area (Å²) in [5.41, 5.74) is 1.89. The van der Waals surface area contributed by atoms with E-state index < -0.39 is 40.0 Å². The van der Waals surface area contributed by atoms with E-state index in [-0.39, 0.29) is 0 Å². The quantitative estimate of drug-likeness (QED) is 0.718. The molecule has 2 fully saturated rings. The van der Waals surface area contributed by atoms with Gasteiger partial charge in [0, 0.05) is 18.6 Å². The van der Waals surface area contributed by atoms with Gasteiger partial charge in [-0.2, -0.15) is 5.06 Å². The van der Waals surface area contributed by atoms with Crippen LogP contribution in [0.1, 0.15) is 24.1 Å². The Morgan fingerprint density at radius 3 is 2.46 bits per heavy atom. The standard InChI is InChI=1S/C21H23NO5S/c1-4-25-19-18-21(20(23)26-19,28(24)16-12-10-14(2)11-13-16)17(22(3)27-18)15-8-6-5-7-9-15/h5-13,17-19H,4H2,1-3H3/t17-,18+,19+,21-,28?/m1/s1. The molecule has 28 heavy (non-hydrogen) atoms. The van der Waals surface area contributed by atoms with Crippen LogP contribution in [0.25, 0.3) is 0 Å². The summed E-state index contributed by atoms with van der Waals surface area (Å²) < 4.78 is 23.6. The lowest BCUT2D eigenvalue weighted by molar-refractivity contribution is -0.225. The first-order chi connectivity index (χ1) is 13.5. The highest BCUT2D eigenvalue weighted by Gasteiger charge is 2.73. The molecule has 2 aliphatic heterocycles. The Balaban J connectivity index is 1.88. The van der Waals surface area contributed by atoms with Gasteiger partial charge in [-0.25, -0.2) is 0 Å². The van der Waals surface area contributed by atoms with Gasteiger partial charge in [-0.1, -0.05) is 48.0 Å². The largest absolute Gasteiger partial charge is 0.431 e. The van der Waals surface area contributed by atoms with Crippen LogP contribution in [0.2, 0.25) is 0 Å². The minimum absolute atomic E-state index is 0.352. The molecule has 2 aliphatic rings. The van der Waals surface area contributed by atoms with Crippen LogP contribution in [0.3, 0.4) is 0 Å². The minimum Gasteiger partial charge on any atom is -0.431 e. The Labute approximate surface area is 166 Å². The van der Waals surface area contributed by atoms with Crippen molar-refractivity contribution in [2.24, 2.45) is 0 Å². The first-order valence-corrected chi connectivity index (χ1v) is 10.4. The normalized spacial score (nSPS) is 30.8. The summed E-state index contributed by atoms with van der Waals surface area (Å²) in [6, 6.07) is 16.3. The molecular formula is C21H23NO5S. The van der Waals surface area contributed by atoms with E-state index in [1.807, 2.05) is 56.3 Å². The average Bonchev–Trinajstić information content (AvgIpc) is 3.15. The Morgan fingerprint density at radius 2 is 1.82 bits per heavy atom. The summed E-state index contributed by atoms with van der Waals surface area (Å²) in [5.74, 6) is -0.562. The summed E-state index contributed by atoms with van der Waals surface area (Å²) in [6.45, 7) is 4.13. The van der Waals surface area contributed by atoms with Crippen LogP contribution >= 0.6 is 0 Å². The topological polar surface area (TPSA) is 65.1 Å². The minimum atomic E-state index is -1.72. The number of benzene rings is 2. The van der Waals surface area contributed by atoms with Gasteiger partial charge in [-0.05, 0) is 31.5 Å². The van der Waals surface area contributed by atoms with Crippen molar-refractivity contribution in [1.82, 2.24) is 5.06 Å².